The van der Waals surface area contributed by atoms with Gasteiger partial charge in [0.15, 0.2) is 17.2 Å². The van der Waals surface area contributed by atoms with Gasteiger partial charge in [-0.15, -0.1) is 0 Å². The number of carbonyl (C=O) groups is 1. The third-order valence-electron chi connectivity index (χ3n) is 8.30. The Hall–Kier alpha value is -3.17. The van der Waals surface area contributed by atoms with Crippen molar-refractivity contribution >= 4 is 17.6 Å². The molecule has 2 fully saturated rings. The maximum Gasteiger partial charge on any atom is 0.262 e. The molecule has 1 unspecified atom stereocenters. The van der Waals surface area contributed by atoms with Crippen LogP contribution in [0.25, 0.3) is 16.0 Å². The summed E-state index contributed by atoms with van der Waals surface area (Å²) in [6, 6.07) is 14.2. The van der Waals surface area contributed by atoms with Crippen molar-refractivity contribution < 1.29 is 9.53 Å². The Bertz CT molecular complexity index is 1220. The van der Waals surface area contributed by atoms with Crippen LogP contribution in [0.2, 0.25) is 0 Å². The summed E-state index contributed by atoms with van der Waals surface area (Å²) < 4.78 is 5.66. The topological polar surface area (TPSA) is 72.3 Å². The van der Waals surface area contributed by atoms with Crippen molar-refractivity contribution in [3.8, 4) is 11.1 Å². The van der Waals surface area contributed by atoms with Gasteiger partial charge in [-0.05, 0) is 79.3 Å². The third kappa shape index (κ3) is 2.82. The van der Waals surface area contributed by atoms with E-state index in [9.17, 15) is 4.79 Å². The van der Waals surface area contributed by atoms with Crippen molar-refractivity contribution in [3.63, 3.8) is 0 Å². The van der Waals surface area contributed by atoms with Gasteiger partial charge in [-0.25, -0.2) is 9.84 Å². The molecule has 6 heteroatoms. The van der Waals surface area contributed by atoms with Gasteiger partial charge in [-0.1, -0.05) is 30.3 Å². The van der Waals surface area contributed by atoms with Gasteiger partial charge in [0.2, 0.25) is 0 Å². The molecule has 0 radical (unpaired) electrons. The molecule has 33 heavy (non-hydrogen) atoms. The molecule has 0 bridgehead atoms. The van der Waals surface area contributed by atoms with E-state index in [0.29, 0.717) is 11.6 Å². The first kappa shape index (κ1) is 20.4. The molecule has 2 saturated carbocycles. The van der Waals surface area contributed by atoms with Gasteiger partial charge in [-0.3, -0.25) is 9.69 Å². The Balaban J connectivity index is 1.51. The summed E-state index contributed by atoms with van der Waals surface area (Å²) in [5, 5.41) is 0. The molecule has 4 aliphatic rings. The minimum atomic E-state index is -0.957. The molecule has 1 aliphatic heterocycles. The Morgan fingerprint density at radius 1 is 1.12 bits per heavy atom. The van der Waals surface area contributed by atoms with Gasteiger partial charge in [0, 0.05) is 18.6 Å². The van der Waals surface area contributed by atoms with Crippen molar-refractivity contribution in [3.05, 3.63) is 65.0 Å². The molecule has 6 rings (SSSR count). The summed E-state index contributed by atoms with van der Waals surface area (Å²) >= 11 is 0. The number of guanidine groups is 1. The van der Waals surface area contributed by atoms with Crippen LogP contribution in [0.3, 0.4) is 0 Å². The number of nitrogens with two attached hydrogens (primary N) is 1. The fourth-order valence-corrected chi connectivity index (χ4v) is 6.46. The highest BCUT2D eigenvalue weighted by Crippen LogP contribution is 2.62. The SMILES string of the molecule is [C-]#[N+]c1cccc(-c2ccc3c(c2)C2(N=C(N)N(C4CC4)C2=O)C2(CCC(OC)CC2)C3)c1. The molecule has 2 N–H and O–H groups in total. The molecule has 2 aromatic carbocycles. The molecule has 1 heterocycles. The number of benzene rings is 2. The average molecular weight is 441 g/mol. The van der Waals surface area contributed by atoms with E-state index in [1.807, 2.05) is 24.3 Å². The summed E-state index contributed by atoms with van der Waals surface area (Å²) in [6.45, 7) is 7.37. The number of methoxy groups -OCH3 is 1. The van der Waals surface area contributed by atoms with Crippen LogP contribution in [-0.4, -0.2) is 36.0 Å². The molecule has 2 aromatic rings. The molecule has 1 atom stereocenters. The molecule has 2 spiro atoms. The summed E-state index contributed by atoms with van der Waals surface area (Å²) in [7, 11) is 1.77. The van der Waals surface area contributed by atoms with Crippen LogP contribution in [0.5, 0.6) is 0 Å². The van der Waals surface area contributed by atoms with E-state index < -0.39 is 5.54 Å². The number of rotatable bonds is 3. The zero-order chi connectivity index (χ0) is 22.8. The van der Waals surface area contributed by atoms with Gasteiger partial charge in [0.1, 0.15) is 0 Å². The van der Waals surface area contributed by atoms with Crippen molar-refractivity contribution in [1.29, 1.82) is 0 Å². The highest BCUT2D eigenvalue weighted by molar-refractivity contribution is 6.09. The fraction of sp³-hybridized carbons (Fsp3) is 0.444. The highest BCUT2D eigenvalue weighted by atomic mass is 16.5. The Morgan fingerprint density at radius 3 is 2.58 bits per heavy atom. The van der Waals surface area contributed by atoms with E-state index in [-0.39, 0.29) is 23.5 Å². The van der Waals surface area contributed by atoms with E-state index in [1.54, 1.807) is 12.0 Å². The first-order valence-electron chi connectivity index (χ1n) is 11.8. The molecular weight excluding hydrogens is 412 g/mol. The van der Waals surface area contributed by atoms with Crippen LogP contribution in [0, 0.1) is 12.0 Å². The number of hydrogen-bond acceptors (Lipinski definition) is 4. The number of hydrogen-bond donors (Lipinski definition) is 1. The molecule has 3 aliphatic carbocycles. The molecule has 0 saturated heterocycles. The van der Waals surface area contributed by atoms with Crippen LogP contribution in [0.15, 0.2) is 47.5 Å². The molecular formula is C27H28N4O2. The minimum Gasteiger partial charge on any atom is -0.381 e. The lowest BCUT2D eigenvalue weighted by Crippen LogP contribution is -2.52. The van der Waals surface area contributed by atoms with Crippen molar-refractivity contribution in [1.82, 2.24) is 4.90 Å². The standard InChI is InChI=1S/C27H28N4O2/c1-29-20-5-3-4-17(14-20)18-6-7-19-16-26(12-10-22(33-2)11-13-26)27(23(19)15-18)24(32)31(21-8-9-21)25(28)30-27/h3-7,14-15,21-22H,8-13,16H2,2H3,(H2,28,30). The smallest absolute Gasteiger partial charge is 0.262 e. The molecule has 168 valence electrons. The molecule has 0 aromatic heterocycles. The fourth-order valence-electron chi connectivity index (χ4n) is 6.46. The molecule has 6 nitrogen and oxygen atoms in total. The quantitative estimate of drug-likeness (QED) is 0.712. The Morgan fingerprint density at radius 2 is 1.88 bits per heavy atom. The second-order valence-corrected chi connectivity index (χ2v) is 10.0. The zero-order valence-corrected chi connectivity index (χ0v) is 18.9. The van der Waals surface area contributed by atoms with Crippen LogP contribution in [-0.2, 0) is 21.5 Å². The van der Waals surface area contributed by atoms with Crippen molar-refractivity contribution in [2.45, 2.75) is 62.6 Å². The number of nitrogens with zero attached hydrogens (tertiary/aromatic N) is 3. The molecule has 1 amide bonds. The first-order valence-corrected chi connectivity index (χ1v) is 11.8. The number of amides is 1. The second-order valence-electron chi connectivity index (χ2n) is 10.0. The lowest BCUT2D eigenvalue weighted by atomic mass is 9.61. The zero-order valence-electron chi connectivity index (χ0n) is 18.9. The summed E-state index contributed by atoms with van der Waals surface area (Å²) in [6.07, 6.45) is 6.70. The largest absolute Gasteiger partial charge is 0.381 e. The normalized spacial score (nSPS) is 30.5. The maximum absolute atomic E-state index is 14.2. The Labute approximate surface area is 194 Å². The lowest BCUT2D eigenvalue weighted by Gasteiger charge is -2.45. The number of fused-ring (bicyclic) bond motifs is 3. The number of carbonyl (C=O) groups excluding carboxylic acids is 1. The van der Waals surface area contributed by atoms with Crippen LogP contribution in [0.1, 0.15) is 49.7 Å². The number of ether oxygens (including phenoxy) is 1. The predicted molar refractivity (Wildman–Crippen MR) is 127 cm³/mol. The third-order valence-corrected chi connectivity index (χ3v) is 8.30. The van der Waals surface area contributed by atoms with Crippen molar-refractivity contribution in [2.75, 3.05) is 7.11 Å². The van der Waals surface area contributed by atoms with Gasteiger partial charge in [-0.2, -0.15) is 0 Å². The predicted octanol–water partition coefficient (Wildman–Crippen LogP) is 4.55. The van der Waals surface area contributed by atoms with Crippen LogP contribution >= 0.6 is 0 Å². The Kier molecular flexibility index (Phi) is 4.44. The summed E-state index contributed by atoms with van der Waals surface area (Å²) in [5.41, 5.74) is 10.0. The van der Waals surface area contributed by atoms with Gasteiger partial charge < -0.3 is 10.5 Å². The summed E-state index contributed by atoms with van der Waals surface area (Å²) in [4.78, 5) is 24.6. The van der Waals surface area contributed by atoms with Gasteiger partial charge in [0.05, 0.1) is 12.7 Å². The average Bonchev–Trinajstić information content (AvgIpc) is 3.59. The number of aliphatic imine (C=N–C) groups is 1. The van der Waals surface area contributed by atoms with E-state index >= 15 is 0 Å². The van der Waals surface area contributed by atoms with Crippen LogP contribution in [0.4, 0.5) is 5.69 Å². The van der Waals surface area contributed by atoms with E-state index in [2.05, 4.69) is 23.0 Å². The van der Waals surface area contributed by atoms with E-state index in [0.717, 1.165) is 61.6 Å². The van der Waals surface area contributed by atoms with Gasteiger partial charge >= 0.3 is 0 Å². The van der Waals surface area contributed by atoms with Gasteiger partial charge in [0.25, 0.3) is 5.91 Å². The lowest BCUT2D eigenvalue weighted by molar-refractivity contribution is -0.138. The van der Waals surface area contributed by atoms with E-state index in [4.69, 9.17) is 22.0 Å². The first-order chi connectivity index (χ1) is 16.0. The van der Waals surface area contributed by atoms with E-state index in [1.165, 1.54) is 5.56 Å². The highest BCUT2D eigenvalue weighted by Gasteiger charge is 2.67. The monoisotopic (exact) mass is 440 g/mol. The maximum atomic E-state index is 14.2. The van der Waals surface area contributed by atoms with Crippen molar-refractivity contribution in [2.24, 2.45) is 16.1 Å². The van der Waals surface area contributed by atoms with Crippen LogP contribution < -0.4 is 5.73 Å². The summed E-state index contributed by atoms with van der Waals surface area (Å²) in [5.74, 6) is 0.438. The second kappa shape index (κ2) is 7.16. The minimum absolute atomic E-state index is 0.0594.